The predicted octanol–water partition coefficient (Wildman–Crippen LogP) is -0.632. The number of carboxylic acids is 1. The fraction of sp³-hybridized carbons (Fsp3) is 0.800. The molecule has 0 radical (unpaired) electrons. The van der Waals surface area contributed by atoms with E-state index in [1.807, 2.05) is 0 Å². The summed E-state index contributed by atoms with van der Waals surface area (Å²) >= 11 is 0. The van der Waals surface area contributed by atoms with E-state index in [4.69, 9.17) is 15.1 Å². The van der Waals surface area contributed by atoms with Gasteiger partial charge in [0, 0.05) is 6.66 Å². The van der Waals surface area contributed by atoms with Crippen LogP contribution in [-0.2, 0) is 14.2 Å². The van der Waals surface area contributed by atoms with Crippen LogP contribution in [0.5, 0.6) is 0 Å². The molecule has 19 heavy (non-hydrogen) atoms. The maximum atomic E-state index is 11.7. The molecule has 0 aliphatic heterocycles. The van der Waals surface area contributed by atoms with Crippen LogP contribution in [0.15, 0.2) is 0 Å². The number of carboxylic acid groups (broad SMARTS) is 1. The highest BCUT2D eigenvalue weighted by Gasteiger charge is 2.28. The van der Waals surface area contributed by atoms with Gasteiger partial charge in [-0.2, -0.15) is 0 Å². The van der Waals surface area contributed by atoms with E-state index in [0.29, 0.717) is 0 Å². The average molecular weight is 296 g/mol. The second kappa shape index (κ2) is 7.59. The minimum absolute atomic E-state index is 0.0528. The van der Waals surface area contributed by atoms with Crippen molar-refractivity contribution < 1.29 is 29.3 Å². The van der Waals surface area contributed by atoms with Gasteiger partial charge in [-0.15, -0.1) is 0 Å². The lowest BCUT2D eigenvalue weighted by Crippen LogP contribution is -2.51. The third-order valence-corrected chi connectivity index (χ3v) is 3.01. The molecule has 0 aromatic heterocycles. The highest BCUT2D eigenvalue weighted by Crippen LogP contribution is 2.29. The second-order valence-electron chi connectivity index (χ2n) is 4.77. The largest absolute Gasteiger partial charge is 0.480 e. The number of rotatable bonds is 8. The van der Waals surface area contributed by atoms with Gasteiger partial charge in [0.25, 0.3) is 7.52 Å². The van der Waals surface area contributed by atoms with Crippen molar-refractivity contribution in [3.63, 3.8) is 0 Å². The monoisotopic (exact) mass is 296 g/mol. The number of nitrogens with one attached hydrogen (secondary N) is 2. The van der Waals surface area contributed by atoms with Gasteiger partial charge in [-0.3, -0.25) is 9.36 Å². The standard InChI is InChI=1S/C10H21N2O6P/c1-6(2)4-7(10(15)16)11-9(14)8(5-13)12-19(3,17)18/h6-8,13H,4-5H2,1-3H3,(H,11,14)(H,15,16)(H2,12,17,18)/t7-,8-/m0/s1. The van der Waals surface area contributed by atoms with Crippen LogP contribution < -0.4 is 10.4 Å². The van der Waals surface area contributed by atoms with Crippen molar-refractivity contribution in [2.24, 2.45) is 5.92 Å². The first-order valence-corrected chi connectivity index (χ1v) is 7.89. The molecule has 1 unspecified atom stereocenters. The summed E-state index contributed by atoms with van der Waals surface area (Å²) in [5, 5.41) is 22.2. The van der Waals surface area contributed by atoms with Crippen LogP contribution in [0.3, 0.4) is 0 Å². The number of aliphatic hydroxyl groups excluding tert-OH is 1. The smallest absolute Gasteiger partial charge is 0.326 e. The van der Waals surface area contributed by atoms with Crippen LogP contribution >= 0.6 is 7.52 Å². The molecule has 3 atom stereocenters. The van der Waals surface area contributed by atoms with Gasteiger partial charge in [0.2, 0.25) is 5.91 Å². The Kier molecular flexibility index (Phi) is 7.21. The Labute approximate surface area is 111 Å². The molecule has 9 heteroatoms. The first-order valence-electron chi connectivity index (χ1n) is 5.79. The summed E-state index contributed by atoms with van der Waals surface area (Å²) in [4.78, 5) is 31.8. The molecule has 0 heterocycles. The molecule has 0 aliphatic rings. The molecule has 0 rings (SSSR count). The summed E-state index contributed by atoms with van der Waals surface area (Å²) in [6.07, 6.45) is 0.224. The zero-order chi connectivity index (χ0) is 15.2. The normalized spacial score (nSPS) is 17.6. The summed E-state index contributed by atoms with van der Waals surface area (Å²) < 4.78 is 11.1. The highest BCUT2D eigenvalue weighted by atomic mass is 31.2. The average Bonchev–Trinajstić information content (AvgIpc) is 2.22. The lowest BCUT2D eigenvalue weighted by molar-refractivity contribution is -0.142. The summed E-state index contributed by atoms with van der Waals surface area (Å²) in [6.45, 7) is 3.87. The molecule has 0 bridgehead atoms. The Morgan fingerprint density at radius 3 is 2.11 bits per heavy atom. The molecule has 1 amide bonds. The minimum Gasteiger partial charge on any atom is -0.480 e. The van der Waals surface area contributed by atoms with Crippen molar-refractivity contribution in [3.05, 3.63) is 0 Å². The summed E-state index contributed by atoms with van der Waals surface area (Å²) in [6, 6.07) is -2.42. The molecular weight excluding hydrogens is 275 g/mol. The molecule has 0 saturated heterocycles. The fourth-order valence-corrected chi connectivity index (χ4v) is 2.21. The summed E-state index contributed by atoms with van der Waals surface area (Å²) in [5.74, 6) is -1.97. The van der Waals surface area contributed by atoms with Crippen molar-refractivity contribution in [1.29, 1.82) is 0 Å². The van der Waals surface area contributed by atoms with E-state index in [0.717, 1.165) is 6.66 Å². The van der Waals surface area contributed by atoms with Crippen molar-refractivity contribution >= 4 is 19.4 Å². The van der Waals surface area contributed by atoms with E-state index in [-0.39, 0.29) is 12.3 Å². The summed E-state index contributed by atoms with van der Waals surface area (Å²) in [7, 11) is -3.71. The maximum absolute atomic E-state index is 11.7. The Balaban J connectivity index is 4.69. The summed E-state index contributed by atoms with van der Waals surface area (Å²) in [5.41, 5.74) is 0. The molecule has 112 valence electrons. The van der Waals surface area contributed by atoms with Crippen LogP contribution in [0.25, 0.3) is 0 Å². The fourth-order valence-electron chi connectivity index (χ4n) is 1.44. The first-order chi connectivity index (χ1) is 8.56. The van der Waals surface area contributed by atoms with Crippen molar-refractivity contribution in [2.75, 3.05) is 13.3 Å². The van der Waals surface area contributed by atoms with Crippen molar-refractivity contribution in [3.8, 4) is 0 Å². The molecule has 0 aromatic carbocycles. The molecule has 0 aromatic rings. The maximum Gasteiger partial charge on any atom is 0.326 e. The van der Waals surface area contributed by atoms with E-state index in [2.05, 4.69) is 10.4 Å². The number of aliphatic carboxylic acids is 1. The Morgan fingerprint density at radius 1 is 1.26 bits per heavy atom. The quantitative estimate of drug-likeness (QED) is 0.376. The minimum atomic E-state index is -3.71. The van der Waals surface area contributed by atoms with Gasteiger partial charge in [0.15, 0.2) is 0 Å². The predicted molar refractivity (Wildman–Crippen MR) is 68.8 cm³/mol. The third-order valence-electron chi connectivity index (χ3n) is 2.22. The van der Waals surface area contributed by atoms with Gasteiger partial charge in [-0.25, -0.2) is 9.88 Å². The highest BCUT2D eigenvalue weighted by molar-refractivity contribution is 7.55. The second-order valence-corrected chi connectivity index (χ2v) is 6.79. The van der Waals surface area contributed by atoms with Crippen LogP contribution in [-0.4, -0.2) is 52.3 Å². The molecule has 0 saturated carbocycles. The third kappa shape index (κ3) is 7.94. The molecule has 0 aliphatic carbocycles. The molecule has 8 nitrogen and oxygen atoms in total. The SMILES string of the molecule is CC(C)C[C@H](NC(=O)[C@H](CO)NP(C)(=O)O)C(=O)O. The molecular formula is C10H21N2O6P. The Bertz CT molecular complexity index is 367. The van der Waals surface area contributed by atoms with Gasteiger partial charge in [-0.1, -0.05) is 13.8 Å². The van der Waals surface area contributed by atoms with E-state index >= 15 is 0 Å². The Morgan fingerprint density at radius 2 is 1.79 bits per heavy atom. The van der Waals surface area contributed by atoms with E-state index < -0.39 is 38.1 Å². The van der Waals surface area contributed by atoms with Crippen LogP contribution in [0.1, 0.15) is 20.3 Å². The Hall–Kier alpha value is -0.950. The van der Waals surface area contributed by atoms with Gasteiger partial charge in [0.1, 0.15) is 12.1 Å². The van der Waals surface area contributed by atoms with Gasteiger partial charge >= 0.3 is 5.97 Å². The topological polar surface area (TPSA) is 136 Å². The molecule has 5 N–H and O–H groups in total. The number of hydrogen-bond acceptors (Lipinski definition) is 4. The number of hydrogen-bond donors (Lipinski definition) is 5. The zero-order valence-electron chi connectivity index (χ0n) is 11.2. The lowest BCUT2D eigenvalue weighted by atomic mass is 10.0. The van der Waals surface area contributed by atoms with E-state index in [1.54, 1.807) is 13.8 Å². The number of amides is 1. The van der Waals surface area contributed by atoms with Gasteiger partial charge < -0.3 is 20.4 Å². The van der Waals surface area contributed by atoms with Crippen molar-refractivity contribution in [2.45, 2.75) is 32.4 Å². The number of carbonyl (C=O) groups is 2. The van der Waals surface area contributed by atoms with E-state index in [1.165, 1.54) is 0 Å². The van der Waals surface area contributed by atoms with Crippen molar-refractivity contribution in [1.82, 2.24) is 10.4 Å². The number of carbonyl (C=O) groups excluding carboxylic acids is 1. The molecule has 0 fully saturated rings. The van der Waals surface area contributed by atoms with E-state index in [9.17, 15) is 14.2 Å². The lowest BCUT2D eigenvalue weighted by Gasteiger charge is -2.21. The number of aliphatic hydroxyl groups is 1. The molecule has 0 spiro atoms. The van der Waals surface area contributed by atoms with Crippen LogP contribution in [0, 0.1) is 5.92 Å². The first kappa shape index (κ1) is 18.0. The van der Waals surface area contributed by atoms with Crippen LogP contribution in [0.4, 0.5) is 0 Å². The van der Waals surface area contributed by atoms with Gasteiger partial charge in [-0.05, 0) is 12.3 Å². The zero-order valence-corrected chi connectivity index (χ0v) is 12.1. The van der Waals surface area contributed by atoms with Gasteiger partial charge in [0.05, 0.1) is 6.61 Å². The van der Waals surface area contributed by atoms with Crippen LogP contribution in [0.2, 0.25) is 0 Å².